The van der Waals surface area contributed by atoms with E-state index in [1.165, 1.54) is 6.08 Å². The van der Waals surface area contributed by atoms with Crippen LogP contribution in [-0.2, 0) is 14.3 Å². The normalized spacial score (nSPS) is 18.6. The number of anilines is 1. The second kappa shape index (κ2) is 5.10. The summed E-state index contributed by atoms with van der Waals surface area (Å²) >= 11 is 0. The third-order valence-corrected chi connectivity index (χ3v) is 2.92. The molecule has 1 aromatic rings. The van der Waals surface area contributed by atoms with E-state index in [0.29, 0.717) is 11.5 Å². The highest BCUT2D eigenvalue weighted by atomic mass is 16.5. The molecule has 0 amide bonds. The van der Waals surface area contributed by atoms with Crippen LogP contribution in [0.25, 0.3) is 0 Å². The van der Waals surface area contributed by atoms with E-state index < -0.39 is 11.9 Å². The first-order valence-corrected chi connectivity index (χ1v) is 5.94. The minimum absolute atomic E-state index is 0.306. The molecule has 1 heterocycles. The molecule has 0 aliphatic carbocycles. The summed E-state index contributed by atoms with van der Waals surface area (Å²) in [6.07, 6.45) is 1.32. The van der Waals surface area contributed by atoms with Crippen LogP contribution in [-0.4, -0.2) is 11.8 Å². The largest absolute Gasteiger partial charge is 0.430 e. The van der Waals surface area contributed by atoms with Gasteiger partial charge in [-0.3, -0.25) is 9.59 Å². The molecule has 0 aromatic heterocycles. The van der Waals surface area contributed by atoms with Crippen molar-refractivity contribution in [3.63, 3.8) is 0 Å². The van der Waals surface area contributed by atoms with Gasteiger partial charge < -0.3 is 10.1 Å². The Morgan fingerprint density at radius 2 is 1.95 bits per heavy atom. The van der Waals surface area contributed by atoms with Crippen molar-refractivity contribution in [2.45, 2.75) is 13.8 Å². The average Bonchev–Trinajstić information content (AvgIpc) is 2.30. The minimum Gasteiger partial charge on any atom is -0.430 e. The zero-order chi connectivity index (χ0) is 14.0. The first-order chi connectivity index (χ1) is 8.99. The maximum Gasteiger partial charge on any atom is 0.327 e. The number of hydrogen-bond donors (Lipinski definition) is 1. The van der Waals surface area contributed by atoms with Gasteiger partial charge >= 0.3 is 5.97 Å². The van der Waals surface area contributed by atoms with Crippen molar-refractivity contribution in [1.29, 1.82) is 0 Å². The van der Waals surface area contributed by atoms with E-state index in [1.807, 2.05) is 31.2 Å². The highest BCUT2D eigenvalue weighted by Crippen LogP contribution is 2.23. The molecule has 1 aromatic carbocycles. The summed E-state index contributed by atoms with van der Waals surface area (Å²) in [5, 5.41) is 3.01. The van der Waals surface area contributed by atoms with Crippen LogP contribution in [0.15, 0.2) is 48.4 Å². The predicted molar refractivity (Wildman–Crippen MR) is 72.3 cm³/mol. The van der Waals surface area contributed by atoms with Crippen LogP contribution in [0.4, 0.5) is 5.69 Å². The van der Waals surface area contributed by atoms with Gasteiger partial charge in [-0.05, 0) is 25.5 Å². The average molecular weight is 257 g/mol. The molecule has 98 valence electrons. The lowest BCUT2D eigenvalue weighted by Gasteiger charge is -2.21. The van der Waals surface area contributed by atoms with E-state index in [4.69, 9.17) is 4.74 Å². The number of para-hydroxylation sites is 1. The molecule has 0 saturated carbocycles. The fourth-order valence-corrected chi connectivity index (χ4v) is 1.92. The number of ketones is 1. The molecule has 4 nitrogen and oxygen atoms in total. The fraction of sp³-hybridized carbons (Fsp3) is 0.200. The Morgan fingerprint density at radius 3 is 2.58 bits per heavy atom. The molecule has 0 radical (unpaired) electrons. The fourth-order valence-electron chi connectivity index (χ4n) is 1.92. The Balaban J connectivity index is 2.19. The topological polar surface area (TPSA) is 55.4 Å². The molecule has 1 atom stereocenters. The summed E-state index contributed by atoms with van der Waals surface area (Å²) in [6, 6.07) is 7.57. The number of nitrogens with one attached hydrogen (secondary N) is 1. The summed E-state index contributed by atoms with van der Waals surface area (Å²) in [4.78, 5) is 23.6. The second-order valence-electron chi connectivity index (χ2n) is 4.48. The molecule has 1 aliphatic rings. The Hall–Kier alpha value is -2.36. The van der Waals surface area contributed by atoms with Crippen LogP contribution in [0.5, 0.6) is 0 Å². The SMILES string of the molecule is C=C(Nc1ccccc1C)[C@@H]1C(=O)C=C(C)OC1=O. The number of ether oxygens (including phenoxy) is 1. The molecule has 0 bridgehead atoms. The molecular formula is C15H15NO3. The van der Waals surface area contributed by atoms with Crippen molar-refractivity contribution in [3.8, 4) is 0 Å². The number of esters is 1. The molecule has 0 spiro atoms. The van der Waals surface area contributed by atoms with Crippen LogP contribution in [0.1, 0.15) is 12.5 Å². The molecule has 19 heavy (non-hydrogen) atoms. The van der Waals surface area contributed by atoms with Gasteiger partial charge in [-0.15, -0.1) is 0 Å². The summed E-state index contributed by atoms with van der Waals surface area (Å²) in [5.74, 6) is -1.56. The lowest BCUT2D eigenvalue weighted by atomic mass is 9.98. The lowest BCUT2D eigenvalue weighted by Crippen LogP contribution is -2.32. The van der Waals surface area contributed by atoms with Crippen LogP contribution < -0.4 is 5.32 Å². The van der Waals surface area contributed by atoms with Gasteiger partial charge in [-0.2, -0.15) is 0 Å². The highest BCUT2D eigenvalue weighted by Gasteiger charge is 2.33. The first-order valence-electron chi connectivity index (χ1n) is 5.94. The van der Waals surface area contributed by atoms with Crippen LogP contribution in [0.3, 0.4) is 0 Å². The van der Waals surface area contributed by atoms with E-state index in [1.54, 1.807) is 6.92 Å². The molecule has 1 aliphatic heterocycles. The molecule has 0 unspecified atom stereocenters. The van der Waals surface area contributed by atoms with Gasteiger partial charge in [-0.1, -0.05) is 24.8 Å². The number of carbonyl (C=O) groups excluding carboxylic acids is 2. The van der Waals surface area contributed by atoms with Gasteiger partial charge in [0, 0.05) is 17.5 Å². The van der Waals surface area contributed by atoms with Gasteiger partial charge in [0.15, 0.2) is 11.7 Å². The van der Waals surface area contributed by atoms with Crippen molar-refractivity contribution >= 4 is 17.4 Å². The van der Waals surface area contributed by atoms with Crippen molar-refractivity contribution < 1.29 is 14.3 Å². The standard InChI is InChI=1S/C15H15NO3/c1-9-6-4-5-7-12(9)16-11(3)14-13(17)8-10(2)19-15(14)18/h4-8,14,16H,3H2,1-2H3/t14-/m1/s1. The van der Waals surface area contributed by atoms with Crippen molar-refractivity contribution in [1.82, 2.24) is 0 Å². The van der Waals surface area contributed by atoms with E-state index >= 15 is 0 Å². The molecular weight excluding hydrogens is 242 g/mol. The number of rotatable bonds is 3. The third-order valence-electron chi connectivity index (χ3n) is 2.92. The number of cyclic esters (lactones) is 1. The van der Waals surface area contributed by atoms with Gasteiger partial charge in [0.05, 0.1) is 0 Å². The Kier molecular flexibility index (Phi) is 3.51. The third kappa shape index (κ3) is 2.73. The van der Waals surface area contributed by atoms with Gasteiger partial charge in [0.25, 0.3) is 0 Å². The summed E-state index contributed by atoms with van der Waals surface area (Å²) in [7, 11) is 0. The maximum absolute atomic E-state index is 11.9. The molecule has 0 saturated heterocycles. The highest BCUT2D eigenvalue weighted by molar-refractivity contribution is 6.10. The molecule has 2 rings (SSSR count). The van der Waals surface area contributed by atoms with Crippen molar-refractivity contribution in [2.75, 3.05) is 5.32 Å². The Bertz CT molecular complexity index is 587. The number of benzene rings is 1. The number of aryl methyl sites for hydroxylation is 1. The smallest absolute Gasteiger partial charge is 0.327 e. The Morgan fingerprint density at radius 1 is 1.26 bits per heavy atom. The number of allylic oxidation sites excluding steroid dienone is 2. The van der Waals surface area contributed by atoms with E-state index in [-0.39, 0.29) is 5.78 Å². The second-order valence-corrected chi connectivity index (χ2v) is 4.48. The van der Waals surface area contributed by atoms with Gasteiger partial charge in [0.2, 0.25) is 0 Å². The van der Waals surface area contributed by atoms with E-state index in [9.17, 15) is 9.59 Å². The minimum atomic E-state index is -0.983. The maximum atomic E-state index is 11.9. The summed E-state index contributed by atoms with van der Waals surface area (Å²) in [6.45, 7) is 7.28. The van der Waals surface area contributed by atoms with Crippen molar-refractivity contribution in [2.24, 2.45) is 5.92 Å². The number of hydrogen-bond acceptors (Lipinski definition) is 4. The van der Waals surface area contributed by atoms with E-state index in [0.717, 1.165) is 11.3 Å². The van der Waals surface area contributed by atoms with Crippen molar-refractivity contribution in [3.05, 3.63) is 53.9 Å². The molecule has 4 heteroatoms. The lowest BCUT2D eigenvalue weighted by molar-refractivity contribution is -0.147. The Labute approximate surface area is 111 Å². The quantitative estimate of drug-likeness (QED) is 0.668. The van der Waals surface area contributed by atoms with Gasteiger partial charge in [0.1, 0.15) is 5.76 Å². The van der Waals surface area contributed by atoms with Crippen LogP contribution in [0, 0.1) is 12.8 Å². The first kappa shape index (κ1) is 13.1. The molecule has 1 N–H and O–H groups in total. The summed E-state index contributed by atoms with van der Waals surface area (Å²) < 4.78 is 4.96. The zero-order valence-corrected chi connectivity index (χ0v) is 10.9. The van der Waals surface area contributed by atoms with Gasteiger partial charge in [-0.25, -0.2) is 0 Å². The monoisotopic (exact) mass is 257 g/mol. The van der Waals surface area contributed by atoms with Crippen LogP contribution in [0.2, 0.25) is 0 Å². The number of carbonyl (C=O) groups is 2. The summed E-state index contributed by atoms with van der Waals surface area (Å²) in [5.41, 5.74) is 2.15. The van der Waals surface area contributed by atoms with Crippen LogP contribution >= 0.6 is 0 Å². The predicted octanol–water partition coefficient (Wildman–Crippen LogP) is 2.57. The zero-order valence-electron chi connectivity index (χ0n) is 10.9. The molecule has 0 fully saturated rings. The van der Waals surface area contributed by atoms with E-state index in [2.05, 4.69) is 11.9 Å².